The topological polar surface area (TPSA) is 247 Å². The van der Waals surface area contributed by atoms with Crippen molar-refractivity contribution in [2.24, 2.45) is 5.92 Å². The number of esters is 6. The molecule has 1 atom stereocenters. The number of halogens is 3. The van der Waals surface area contributed by atoms with Crippen molar-refractivity contribution in [3.8, 4) is 17.2 Å². The first-order chi connectivity index (χ1) is 38.9. The van der Waals surface area contributed by atoms with Gasteiger partial charge in [0.2, 0.25) is 13.6 Å². The van der Waals surface area contributed by atoms with Crippen LogP contribution in [0.1, 0.15) is 102 Å². The fraction of sp³-hybridized carbons (Fsp3) is 0.439. The molecule has 1 spiro atoms. The van der Waals surface area contributed by atoms with Crippen molar-refractivity contribution < 1.29 is 85.7 Å². The standard InChI is InChI=1S/C57H62Cl3N3O18/c1-5-74-54(69)31-75-51-23-39(13-15-46(51)63(29-52(67)78-32-76-35(3)64)30-53(68)79-33-77-36(4)65)61-55(70)37-12-14-41-40(22-37)56(71)81-57(41)42-24-44(59)34(2)21-49(42)80-50-26-47(45(60)25-43(50)57)62-27-38(28-62)48(66)11-10-18-73-20-19-72-17-9-7-6-8-16-58/h12-15,21-26,38H,5-11,16-20,27-33H2,1-4H3,(H,61,70). The number of rotatable bonds is 30. The first kappa shape index (κ1) is 61.4. The number of amides is 1. The Morgan fingerprint density at radius 1 is 0.716 bits per heavy atom. The molecule has 81 heavy (non-hydrogen) atoms. The highest BCUT2D eigenvalue weighted by Crippen LogP contribution is 2.58. The van der Waals surface area contributed by atoms with E-state index < -0.39 is 80.6 Å². The molecule has 3 aliphatic heterocycles. The number of nitrogens with one attached hydrogen (secondary N) is 1. The number of ether oxygens (including phenoxy) is 10. The van der Waals surface area contributed by atoms with E-state index in [0.717, 1.165) is 44.4 Å². The van der Waals surface area contributed by atoms with E-state index >= 15 is 0 Å². The highest BCUT2D eigenvalue weighted by atomic mass is 35.5. The van der Waals surface area contributed by atoms with E-state index in [4.69, 9.17) is 82.2 Å². The molecule has 3 aliphatic rings. The molecule has 0 bridgehead atoms. The summed E-state index contributed by atoms with van der Waals surface area (Å²) in [6, 6.07) is 15.4. The molecule has 1 fully saturated rings. The Bertz CT molecular complexity index is 2970. The maximum atomic E-state index is 14.2. The number of alkyl halides is 1. The molecule has 3 heterocycles. The van der Waals surface area contributed by atoms with Gasteiger partial charge in [-0.1, -0.05) is 42.1 Å². The summed E-state index contributed by atoms with van der Waals surface area (Å²) in [6.07, 6.45) is 5.16. The normalized spacial score (nSPS) is 14.8. The van der Waals surface area contributed by atoms with E-state index in [1.807, 2.05) is 11.8 Å². The van der Waals surface area contributed by atoms with Gasteiger partial charge in [0.15, 0.2) is 12.2 Å². The number of carbonyl (C=O) groups is 8. The van der Waals surface area contributed by atoms with Crippen LogP contribution < -0.4 is 24.6 Å². The summed E-state index contributed by atoms with van der Waals surface area (Å²) >= 11 is 19.6. The lowest BCUT2D eigenvalue weighted by Gasteiger charge is -2.42. The molecule has 1 saturated heterocycles. The molecule has 7 rings (SSSR count). The molecule has 1 N–H and O–H groups in total. The minimum Gasteiger partial charge on any atom is -0.480 e. The Balaban J connectivity index is 1.09. The summed E-state index contributed by atoms with van der Waals surface area (Å²) in [7, 11) is 0. The largest absolute Gasteiger partial charge is 0.480 e. The highest BCUT2D eigenvalue weighted by molar-refractivity contribution is 6.33. The molecule has 24 heteroatoms. The summed E-state index contributed by atoms with van der Waals surface area (Å²) in [4.78, 5) is 106. The van der Waals surface area contributed by atoms with Gasteiger partial charge in [-0.3, -0.25) is 28.8 Å². The summed E-state index contributed by atoms with van der Waals surface area (Å²) < 4.78 is 54.5. The van der Waals surface area contributed by atoms with Gasteiger partial charge in [-0.2, -0.15) is 0 Å². The van der Waals surface area contributed by atoms with Crippen LogP contribution >= 0.6 is 34.8 Å². The van der Waals surface area contributed by atoms with E-state index in [-0.39, 0.29) is 46.6 Å². The zero-order chi connectivity index (χ0) is 58.2. The lowest BCUT2D eigenvalue weighted by atomic mass is 9.77. The fourth-order valence-electron chi connectivity index (χ4n) is 9.14. The molecular weight excluding hydrogens is 1120 g/mol. The number of fused-ring (bicyclic) bond motifs is 6. The lowest BCUT2D eigenvalue weighted by Crippen LogP contribution is -2.50. The molecule has 1 amide bonds. The number of benzene rings is 4. The van der Waals surface area contributed by atoms with Crippen LogP contribution in [0.5, 0.6) is 17.2 Å². The van der Waals surface area contributed by atoms with Crippen molar-refractivity contribution in [3.05, 3.63) is 104 Å². The number of Topliss-reactive ketones (excluding diaryl/α,β-unsaturated/α-hetero) is 1. The summed E-state index contributed by atoms with van der Waals surface area (Å²) in [6.45, 7) is 5.21. The molecule has 4 aromatic carbocycles. The molecule has 0 saturated carbocycles. The predicted molar refractivity (Wildman–Crippen MR) is 294 cm³/mol. The summed E-state index contributed by atoms with van der Waals surface area (Å²) in [5.74, 6) is -4.41. The van der Waals surface area contributed by atoms with Crippen LogP contribution in [0, 0.1) is 12.8 Å². The van der Waals surface area contributed by atoms with Gasteiger partial charge in [-0.05, 0) is 81.1 Å². The van der Waals surface area contributed by atoms with E-state index in [1.54, 1.807) is 37.3 Å². The van der Waals surface area contributed by atoms with Crippen LogP contribution in [0.15, 0.2) is 60.7 Å². The van der Waals surface area contributed by atoms with Crippen LogP contribution in [0.2, 0.25) is 10.0 Å². The molecule has 0 radical (unpaired) electrons. The third-order valence-corrected chi connectivity index (χ3v) is 14.1. The smallest absolute Gasteiger partial charge is 0.344 e. The van der Waals surface area contributed by atoms with Crippen LogP contribution in [0.3, 0.4) is 0 Å². The Morgan fingerprint density at radius 3 is 2.01 bits per heavy atom. The Hall–Kier alpha value is -7.17. The number of unbranched alkanes of at least 4 members (excludes halogenated alkanes) is 3. The lowest BCUT2D eigenvalue weighted by molar-refractivity contribution is -0.165. The van der Waals surface area contributed by atoms with Crippen molar-refractivity contribution >= 4 is 99.4 Å². The zero-order valence-electron chi connectivity index (χ0n) is 45.2. The first-order valence-electron chi connectivity index (χ1n) is 26.2. The summed E-state index contributed by atoms with van der Waals surface area (Å²) in [5, 5.41) is 3.44. The quantitative estimate of drug-likeness (QED) is 0.0169. The van der Waals surface area contributed by atoms with Crippen molar-refractivity contribution in [1.29, 1.82) is 0 Å². The van der Waals surface area contributed by atoms with Gasteiger partial charge < -0.3 is 62.5 Å². The predicted octanol–water partition coefficient (Wildman–Crippen LogP) is 8.62. The number of hydrogen-bond acceptors (Lipinski definition) is 20. The first-order valence-corrected chi connectivity index (χ1v) is 27.5. The molecule has 1 unspecified atom stereocenters. The Morgan fingerprint density at radius 2 is 1.36 bits per heavy atom. The monoisotopic (exact) mass is 1180 g/mol. The molecule has 4 aromatic rings. The van der Waals surface area contributed by atoms with E-state index in [9.17, 15) is 38.4 Å². The molecule has 0 aliphatic carbocycles. The van der Waals surface area contributed by atoms with Crippen molar-refractivity contribution in [2.75, 3.05) is 100 Å². The van der Waals surface area contributed by atoms with Crippen LogP contribution in [0.4, 0.5) is 17.1 Å². The van der Waals surface area contributed by atoms with Gasteiger partial charge in [0.05, 0.1) is 47.7 Å². The van der Waals surface area contributed by atoms with Crippen molar-refractivity contribution in [2.45, 2.75) is 71.8 Å². The fourth-order valence-corrected chi connectivity index (χ4v) is 9.77. The number of aryl methyl sites for hydroxylation is 1. The number of ketones is 1. The van der Waals surface area contributed by atoms with Crippen molar-refractivity contribution in [1.82, 2.24) is 0 Å². The van der Waals surface area contributed by atoms with E-state index in [0.29, 0.717) is 108 Å². The third-order valence-electron chi connectivity index (χ3n) is 13.2. The second-order valence-corrected chi connectivity index (χ2v) is 20.1. The van der Waals surface area contributed by atoms with E-state index in [1.165, 1.54) is 30.3 Å². The number of nitrogens with zero attached hydrogens (tertiary/aromatic N) is 2. The average molecular weight is 1180 g/mol. The number of hydrogen-bond donors (Lipinski definition) is 1. The SMILES string of the molecule is CCOC(=O)COc1cc(NC(=O)c2ccc3c(c2)C(=O)OC32c3cc(Cl)c(C)cc3Oc3cc(N4CC(C(=O)CCCOCCOCCCCCCCl)C4)c(Cl)cc32)ccc1N(CC(=O)OCOC(C)=O)CC(=O)OCOC(C)=O. The van der Waals surface area contributed by atoms with Crippen LogP contribution in [-0.4, -0.2) is 133 Å². The van der Waals surface area contributed by atoms with E-state index in [2.05, 4.69) is 5.32 Å². The van der Waals surface area contributed by atoms with Gasteiger partial charge in [0, 0.05) is 97.5 Å². The third kappa shape index (κ3) is 15.9. The van der Waals surface area contributed by atoms with Crippen molar-refractivity contribution in [3.63, 3.8) is 0 Å². The van der Waals surface area contributed by atoms with Crippen LogP contribution in [-0.2, 0) is 72.3 Å². The second kappa shape index (κ2) is 29.0. The zero-order valence-corrected chi connectivity index (χ0v) is 47.4. The van der Waals surface area contributed by atoms with Gasteiger partial charge >= 0.3 is 35.8 Å². The van der Waals surface area contributed by atoms with Gasteiger partial charge in [-0.15, -0.1) is 11.6 Å². The Kier molecular flexibility index (Phi) is 22.0. The van der Waals surface area contributed by atoms with Gasteiger partial charge in [-0.25, -0.2) is 9.59 Å². The average Bonchev–Trinajstić information content (AvgIpc) is 2.58. The van der Waals surface area contributed by atoms with Crippen LogP contribution in [0.25, 0.3) is 0 Å². The minimum absolute atomic E-state index is 0.0197. The maximum absolute atomic E-state index is 14.2. The molecule has 434 valence electrons. The molecule has 0 aromatic heterocycles. The highest BCUT2D eigenvalue weighted by Gasteiger charge is 2.54. The minimum atomic E-state index is -1.64. The van der Waals surface area contributed by atoms with Gasteiger partial charge in [0.1, 0.15) is 36.1 Å². The molecule has 21 nitrogen and oxygen atoms in total. The second-order valence-electron chi connectivity index (χ2n) is 19.0. The Labute approximate surface area is 482 Å². The maximum Gasteiger partial charge on any atom is 0.344 e. The number of carbonyl (C=O) groups excluding carboxylic acids is 8. The van der Waals surface area contributed by atoms with Gasteiger partial charge in [0.25, 0.3) is 5.91 Å². The molecular formula is C57H62Cl3N3O18. The number of anilines is 3. The summed E-state index contributed by atoms with van der Waals surface area (Å²) in [5.41, 5.74) is 1.05.